The van der Waals surface area contributed by atoms with Crippen molar-refractivity contribution in [2.75, 3.05) is 13.1 Å². The topological polar surface area (TPSA) is 86.8 Å². The van der Waals surface area contributed by atoms with E-state index in [1.165, 1.54) is 4.90 Å². The Morgan fingerprint density at radius 3 is 2.36 bits per heavy atom. The normalized spacial score (nSPS) is 20.5. The number of benzene rings is 1. The number of carbonyl (C=O) groups excluding carboxylic acids is 4. The van der Waals surface area contributed by atoms with Crippen molar-refractivity contribution in [2.45, 2.75) is 65.5 Å². The molecule has 178 valence electrons. The molecule has 1 aliphatic heterocycles. The van der Waals surface area contributed by atoms with Crippen molar-refractivity contribution in [3.63, 3.8) is 0 Å². The minimum atomic E-state index is -0.661. The lowest BCUT2D eigenvalue weighted by Crippen LogP contribution is -2.48. The van der Waals surface area contributed by atoms with Crippen LogP contribution in [0.15, 0.2) is 36.4 Å². The Morgan fingerprint density at radius 1 is 1.12 bits per heavy atom. The first-order valence-corrected chi connectivity index (χ1v) is 12.0. The van der Waals surface area contributed by atoms with Gasteiger partial charge >= 0.3 is 0 Å². The van der Waals surface area contributed by atoms with Crippen LogP contribution < -0.4 is 5.32 Å². The maximum absolute atomic E-state index is 13.3. The van der Waals surface area contributed by atoms with E-state index in [-0.39, 0.29) is 48.4 Å². The van der Waals surface area contributed by atoms with E-state index in [1.54, 1.807) is 11.8 Å². The molecule has 1 saturated heterocycles. The lowest BCUT2D eigenvalue weighted by molar-refractivity contribution is -0.143. The Morgan fingerprint density at radius 2 is 1.76 bits per heavy atom. The van der Waals surface area contributed by atoms with Crippen LogP contribution in [0.3, 0.4) is 0 Å². The quantitative estimate of drug-likeness (QED) is 0.335. The molecule has 7 nitrogen and oxygen atoms in total. The fourth-order valence-corrected chi connectivity index (χ4v) is 4.53. The van der Waals surface area contributed by atoms with Gasteiger partial charge in [0.25, 0.3) is 0 Å². The van der Waals surface area contributed by atoms with Gasteiger partial charge in [-0.2, -0.15) is 0 Å². The predicted molar refractivity (Wildman–Crippen MR) is 126 cm³/mol. The number of allylic oxidation sites excluding steroid dienone is 2. The molecule has 3 rings (SSSR count). The van der Waals surface area contributed by atoms with Crippen LogP contribution in [0.2, 0.25) is 0 Å². The van der Waals surface area contributed by atoms with Gasteiger partial charge in [0.15, 0.2) is 0 Å². The number of hydrogen-bond acceptors (Lipinski definition) is 4. The standard InChI is InChI=1S/C26H35N3O4/c1-4-5-15-27-24(31)19(3)29(17-20-11-7-6-10-18(20)2)23(30)14-16-28-25(32)21-12-8-9-13-22(21)26(28)33/h6-11,19,21-22H,4-5,12-17H2,1-3H3,(H,27,31)/t19?,21-,22+. The van der Waals surface area contributed by atoms with E-state index in [4.69, 9.17) is 0 Å². The number of rotatable bonds is 10. The monoisotopic (exact) mass is 453 g/mol. The summed E-state index contributed by atoms with van der Waals surface area (Å²) < 4.78 is 0. The highest BCUT2D eigenvalue weighted by atomic mass is 16.2. The number of hydrogen-bond donors (Lipinski definition) is 1. The minimum absolute atomic E-state index is 0.00279. The number of amides is 4. The number of likely N-dealkylation sites (tertiary alicyclic amines) is 1. The molecule has 0 aromatic heterocycles. The van der Waals surface area contributed by atoms with E-state index in [9.17, 15) is 19.2 Å². The maximum Gasteiger partial charge on any atom is 0.242 e. The zero-order valence-electron chi connectivity index (χ0n) is 19.9. The van der Waals surface area contributed by atoms with Gasteiger partial charge in [-0.15, -0.1) is 0 Å². The molecule has 2 aliphatic rings. The molecule has 1 aromatic carbocycles. The van der Waals surface area contributed by atoms with Crippen molar-refractivity contribution in [3.8, 4) is 0 Å². The molecule has 1 unspecified atom stereocenters. The highest BCUT2D eigenvalue weighted by Gasteiger charge is 2.47. The van der Waals surface area contributed by atoms with E-state index in [1.807, 2.05) is 43.3 Å². The molecule has 4 amide bonds. The number of fused-ring (bicyclic) bond motifs is 1. The lowest BCUT2D eigenvalue weighted by Gasteiger charge is -2.30. The van der Waals surface area contributed by atoms with Crippen molar-refractivity contribution in [1.29, 1.82) is 0 Å². The Hall–Kier alpha value is -2.96. The third kappa shape index (κ3) is 5.70. The van der Waals surface area contributed by atoms with Crippen molar-refractivity contribution >= 4 is 23.6 Å². The van der Waals surface area contributed by atoms with Crippen molar-refractivity contribution in [3.05, 3.63) is 47.5 Å². The Kier molecular flexibility index (Phi) is 8.42. The van der Waals surface area contributed by atoms with E-state index in [0.29, 0.717) is 25.9 Å². The van der Waals surface area contributed by atoms with Crippen molar-refractivity contribution < 1.29 is 19.2 Å². The summed E-state index contributed by atoms with van der Waals surface area (Å²) in [5.41, 5.74) is 2.00. The summed E-state index contributed by atoms with van der Waals surface area (Å²) in [7, 11) is 0. The van der Waals surface area contributed by atoms with Crippen LogP contribution in [-0.2, 0) is 25.7 Å². The summed E-state index contributed by atoms with van der Waals surface area (Å²) in [4.78, 5) is 54.3. The van der Waals surface area contributed by atoms with Crippen LogP contribution in [0.25, 0.3) is 0 Å². The van der Waals surface area contributed by atoms with Gasteiger partial charge in [-0.05, 0) is 44.2 Å². The fraction of sp³-hybridized carbons (Fsp3) is 0.538. The first kappa shape index (κ1) is 24.7. The van der Waals surface area contributed by atoms with Crippen LogP contribution in [0.5, 0.6) is 0 Å². The Labute approximate surface area is 196 Å². The van der Waals surface area contributed by atoms with Gasteiger partial charge in [-0.3, -0.25) is 24.1 Å². The average Bonchev–Trinajstić information content (AvgIpc) is 3.06. The third-order valence-electron chi connectivity index (χ3n) is 6.75. The van der Waals surface area contributed by atoms with E-state index >= 15 is 0 Å². The smallest absolute Gasteiger partial charge is 0.242 e. The summed E-state index contributed by atoms with van der Waals surface area (Å²) in [6, 6.07) is 7.11. The molecular formula is C26H35N3O4. The number of unbranched alkanes of at least 4 members (excludes halogenated alkanes) is 1. The lowest BCUT2D eigenvalue weighted by atomic mass is 9.85. The van der Waals surface area contributed by atoms with Gasteiger partial charge < -0.3 is 10.2 Å². The SMILES string of the molecule is CCCCNC(=O)C(C)N(Cc1ccccc1C)C(=O)CCN1C(=O)[C@H]2CC=CC[C@H]2C1=O. The van der Waals surface area contributed by atoms with Crippen molar-refractivity contribution in [2.24, 2.45) is 11.8 Å². The molecule has 7 heteroatoms. The molecule has 1 fully saturated rings. The first-order valence-electron chi connectivity index (χ1n) is 12.0. The van der Waals surface area contributed by atoms with E-state index in [2.05, 4.69) is 12.2 Å². The van der Waals surface area contributed by atoms with Crippen molar-refractivity contribution in [1.82, 2.24) is 15.1 Å². The zero-order chi connectivity index (χ0) is 24.0. The number of aryl methyl sites for hydroxylation is 1. The minimum Gasteiger partial charge on any atom is -0.354 e. The van der Waals surface area contributed by atoms with Crippen LogP contribution in [0.1, 0.15) is 57.1 Å². The number of nitrogens with zero attached hydrogens (tertiary/aromatic N) is 2. The van der Waals surface area contributed by atoms with Crippen LogP contribution in [0.4, 0.5) is 0 Å². The zero-order valence-corrected chi connectivity index (χ0v) is 19.9. The summed E-state index contributed by atoms with van der Waals surface area (Å²) >= 11 is 0. The number of nitrogens with one attached hydrogen (secondary N) is 1. The molecular weight excluding hydrogens is 418 g/mol. The first-order chi connectivity index (χ1) is 15.8. The van der Waals surface area contributed by atoms with Gasteiger partial charge in [-0.1, -0.05) is 49.8 Å². The summed E-state index contributed by atoms with van der Waals surface area (Å²) in [6.07, 6.45) is 6.90. The van der Waals surface area contributed by atoms with Gasteiger partial charge in [0.1, 0.15) is 6.04 Å². The fourth-order valence-electron chi connectivity index (χ4n) is 4.53. The third-order valence-corrected chi connectivity index (χ3v) is 6.75. The van der Waals surface area contributed by atoms with Crippen LogP contribution >= 0.6 is 0 Å². The predicted octanol–water partition coefficient (Wildman–Crippen LogP) is 2.97. The van der Waals surface area contributed by atoms with Gasteiger partial charge in [0, 0.05) is 26.1 Å². The highest BCUT2D eigenvalue weighted by Crippen LogP contribution is 2.35. The second kappa shape index (κ2) is 11.3. The summed E-state index contributed by atoms with van der Waals surface area (Å²) in [5, 5.41) is 2.91. The van der Waals surface area contributed by atoms with Crippen LogP contribution in [0, 0.1) is 18.8 Å². The average molecular weight is 454 g/mol. The molecule has 3 atom stereocenters. The van der Waals surface area contributed by atoms with E-state index < -0.39 is 6.04 Å². The number of imide groups is 1. The molecule has 0 saturated carbocycles. The molecule has 0 spiro atoms. The maximum atomic E-state index is 13.3. The van der Waals surface area contributed by atoms with E-state index in [0.717, 1.165) is 24.0 Å². The Bertz CT molecular complexity index is 900. The number of carbonyl (C=O) groups is 4. The largest absolute Gasteiger partial charge is 0.354 e. The van der Waals surface area contributed by atoms with Gasteiger partial charge in [-0.25, -0.2) is 0 Å². The summed E-state index contributed by atoms with van der Waals surface area (Å²) in [5.74, 6) is -1.41. The molecule has 0 radical (unpaired) electrons. The molecule has 0 bridgehead atoms. The Balaban J connectivity index is 1.70. The second-order valence-corrected chi connectivity index (χ2v) is 9.00. The highest BCUT2D eigenvalue weighted by molar-refractivity contribution is 6.05. The second-order valence-electron chi connectivity index (χ2n) is 9.00. The molecule has 33 heavy (non-hydrogen) atoms. The van der Waals surface area contributed by atoms with Gasteiger partial charge in [0.2, 0.25) is 23.6 Å². The molecule has 1 aliphatic carbocycles. The summed E-state index contributed by atoms with van der Waals surface area (Å²) in [6.45, 7) is 6.67. The molecule has 1 aromatic rings. The molecule has 1 N–H and O–H groups in total. The van der Waals surface area contributed by atoms with Crippen LogP contribution in [-0.4, -0.2) is 52.6 Å². The molecule has 1 heterocycles. The van der Waals surface area contributed by atoms with Gasteiger partial charge in [0.05, 0.1) is 11.8 Å².